The van der Waals surface area contributed by atoms with E-state index in [-0.39, 0.29) is 12.0 Å². The van der Waals surface area contributed by atoms with Crippen LogP contribution in [0.4, 0.5) is 0 Å². The van der Waals surface area contributed by atoms with E-state index in [2.05, 4.69) is 12.2 Å². The number of benzene rings is 1. The van der Waals surface area contributed by atoms with Crippen LogP contribution in [0.2, 0.25) is 0 Å². The van der Waals surface area contributed by atoms with Gasteiger partial charge in [-0.2, -0.15) is 0 Å². The largest absolute Gasteiger partial charge is 0.388 e. The molecule has 1 aliphatic rings. The Morgan fingerprint density at radius 3 is 2.57 bits per heavy atom. The van der Waals surface area contributed by atoms with Crippen molar-refractivity contribution in [2.75, 3.05) is 0 Å². The van der Waals surface area contributed by atoms with Crippen LogP contribution in [-0.4, -0.2) is 5.11 Å². The minimum atomic E-state index is -0.377. The minimum absolute atomic E-state index is 0.224. The molecule has 0 radical (unpaired) electrons. The third kappa shape index (κ3) is 1.94. The van der Waals surface area contributed by atoms with E-state index in [0.717, 1.165) is 12.0 Å². The molecule has 1 aliphatic carbocycles. The highest BCUT2D eigenvalue weighted by atomic mass is 16.3. The molecule has 1 nitrogen and oxygen atoms in total. The summed E-state index contributed by atoms with van der Waals surface area (Å²) in [6, 6.07) is 9.82. The van der Waals surface area contributed by atoms with Crippen LogP contribution in [0, 0.1) is 5.92 Å². The minimum Gasteiger partial charge on any atom is -0.388 e. The molecule has 0 unspecified atom stereocenters. The Balaban J connectivity index is 2.12. The van der Waals surface area contributed by atoms with Crippen LogP contribution in [0.15, 0.2) is 54.6 Å². The van der Waals surface area contributed by atoms with Crippen molar-refractivity contribution in [1.82, 2.24) is 0 Å². The van der Waals surface area contributed by atoms with E-state index in [1.165, 1.54) is 0 Å². The summed E-state index contributed by atoms with van der Waals surface area (Å²) in [5.74, 6) is 0.224. The summed E-state index contributed by atoms with van der Waals surface area (Å²) in [5, 5.41) is 10.1. The van der Waals surface area contributed by atoms with E-state index >= 15 is 0 Å². The summed E-state index contributed by atoms with van der Waals surface area (Å²) in [7, 11) is 0. The number of hydrogen-bond acceptors (Lipinski definition) is 1. The second-order valence-electron chi connectivity index (χ2n) is 3.57. The van der Waals surface area contributed by atoms with Crippen LogP contribution >= 0.6 is 0 Å². The maximum absolute atomic E-state index is 10.1. The molecule has 0 aliphatic heterocycles. The first-order valence-corrected chi connectivity index (χ1v) is 4.94. The lowest BCUT2D eigenvalue weighted by Gasteiger charge is -2.20. The van der Waals surface area contributed by atoms with Crippen LogP contribution in [0.25, 0.3) is 0 Å². The standard InChI is InChI=1S/C13H14O/c14-13(11-7-3-1-4-8-11)12-9-5-2-6-10-12/h1-9,12-14H,10H2/t12-,13+/m0/s1. The Morgan fingerprint density at radius 1 is 1.14 bits per heavy atom. The van der Waals surface area contributed by atoms with E-state index < -0.39 is 0 Å². The smallest absolute Gasteiger partial charge is 0.0855 e. The van der Waals surface area contributed by atoms with Crippen molar-refractivity contribution < 1.29 is 5.11 Å². The fourth-order valence-corrected chi connectivity index (χ4v) is 1.73. The highest BCUT2D eigenvalue weighted by Gasteiger charge is 2.17. The molecule has 72 valence electrons. The molecule has 1 aromatic carbocycles. The average molecular weight is 186 g/mol. The van der Waals surface area contributed by atoms with E-state index in [1.807, 2.05) is 42.5 Å². The summed E-state index contributed by atoms with van der Waals surface area (Å²) >= 11 is 0. The molecule has 0 aromatic heterocycles. The Labute approximate surface area is 84.4 Å². The van der Waals surface area contributed by atoms with Gasteiger partial charge >= 0.3 is 0 Å². The first kappa shape index (κ1) is 9.22. The predicted molar refractivity (Wildman–Crippen MR) is 57.8 cm³/mol. The zero-order chi connectivity index (χ0) is 9.80. The van der Waals surface area contributed by atoms with Crippen LogP contribution in [0.3, 0.4) is 0 Å². The highest BCUT2D eigenvalue weighted by Crippen LogP contribution is 2.27. The van der Waals surface area contributed by atoms with Crippen molar-refractivity contribution in [3.63, 3.8) is 0 Å². The number of hydrogen-bond donors (Lipinski definition) is 1. The molecular formula is C13H14O. The molecule has 2 atom stereocenters. The maximum Gasteiger partial charge on any atom is 0.0855 e. The second kappa shape index (κ2) is 4.25. The van der Waals surface area contributed by atoms with Gasteiger partial charge in [0.25, 0.3) is 0 Å². The highest BCUT2D eigenvalue weighted by molar-refractivity contribution is 5.22. The van der Waals surface area contributed by atoms with Crippen molar-refractivity contribution in [2.24, 2.45) is 5.92 Å². The van der Waals surface area contributed by atoms with E-state index in [4.69, 9.17) is 0 Å². The summed E-state index contributed by atoms with van der Waals surface area (Å²) in [6.07, 6.45) is 8.73. The van der Waals surface area contributed by atoms with Gasteiger partial charge in [0.2, 0.25) is 0 Å². The number of rotatable bonds is 2. The van der Waals surface area contributed by atoms with E-state index in [0.29, 0.717) is 0 Å². The molecule has 0 saturated carbocycles. The molecular weight excluding hydrogens is 172 g/mol. The fourth-order valence-electron chi connectivity index (χ4n) is 1.73. The van der Waals surface area contributed by atoms with Crippen LogP contribution in [0.1, 0.15) is 18.1 Å². The van der Waals surface area contributed by atoms with Crippen LogP contribution in [0.5, 0.6) is 0 Å². The van der Waals surface area contributed by atoms with Gasteiger partial charge in [0.15, 0.2) is 0 Å². The Morgan fingerprint density at radius 2 is 1.93 bits per heavy atom. The van der Waals surface area contributed by atoms with Gasteiger partial charge in [0.05, 0.1) is 6.10 Å². The van der Waals surface area contributed by atoms with E-state index in [9.17, 15) is 5.11 Å². The normalized spacial score (nSPS) is 22.2. The van der Waals surface area contributed by atoms with Gasteiger partial charge in [0.1, 0.15) is 0 Å². The van der Waals surface area contributed by atoms with Crippen molar-refractivity contribution in [3.05, 3.63) is 60.2 Å². The third-order valence-corrected chi connectivity index (χ3v) is 2.56. The first-order chi connectivity index (χ1) is 6.88. The van der Waals surface area contributed by atoms with E-state index in [1.54, 1.807) is 0 Å². The van der Waals surface area contributed by atoms with Crippen molar-refractivity contribution in [2.45, 2.75) is 12.5 Å². The molecule has 1 aromatic rings. The zero-order valence-electron chi connectivity index (χ0n) is 8.01. The SMILES string of the molecule is O[C@H](c1ccccc1)[C@H]1C=CC=CC1. The lowest BCUT2D eigenvalue weighted by Crippen LogP contribution is -2.10. The number of aliphatic hydroxyl groups excluding tert-OH is 1. The number of aliphatic hydroxyl groups is 1. The molecule has 0 bridgehead atoms. The van der Waals surface area contributed by atoms with Gasteiger partial charge in [-0.3, -0.25) is 0 Å². The second-order valence-corrected chi connectivity index (χ2v) is 3.57. The first-order valence-electron chi connectivity index (χ1n) is 4.94. The lowest BCUT2D eigenvalue weighted by molar-refractivity contribution is 0.132. The topological polar surface area (TPSA) is 20.2 Å². The summed E-state index contributed by atoms with van der Waals surface area (Å²) < 4.78 is 0. The van der Waals surface area contributed by atoms with Gasteiger partial charge in [-0.25, -0.2) is 0 Å². The Bertz CT molecular complexity index is 338. The molecule has 14 heavy (non-hydrogen) atoms. The fraction of sp³-hybridized carbons (Fsp3) is 0.231. The number of allylic oxidation sites excluding steroid dienone is 3. The molecule has 1 N–H and O–H groups in total. The van der Waals surface area contributed by atoms with Gasteiger partial charge < -0.3 is 5.11 Å². The molecule has 0 spiro atoms. The van der Waals surface area contributed by atoms with Gasteiger partial charge in [-0.1, -0.05) is 54.6 Å². The Hall–Kier alpha value is -1.34. The predicted octanol–water partition coefficient (Wildman–Crippen LogP) is 2.85. The maximum atomic E-state index is 10.1. The molecule has 1 heteroatoms. The molecule has 0 heterocycles. The van der Waals surface area contributed by atoms with Gasteiger partial charge in [-0.05, 0) is 12.0 Å². The molecule has 0 amide bonds. The van der Waals surface area contributed by atoms with Crippen molar-refractivity contribution in [3.8, 4) is 0 Å². The summed E-state index contributed by atoms with van der Waals surface area (Å²) in [5.41, 5.74) is 0.998. The molecule has 2 rings (SSSR count). The van der Waals surface area contributed by atoms with Crippen LogP contribution < -0.4 is 0 Å². The Kier molecular flexibility index (Phi) is 2.80. The molecule has 0 saturated heterocycles. The van der Waals surface area contributed by atoms with Gasteiger partial charge in [-0.15, -0.1) is 0 Å². The zero-order valence-corrected chi connectivity index (χ0v) is 8.01. The quantitative estimate of drug-likeness (QED) is 0.753. The van der Waals surface area contributed by atoms with Gasteiger partial charge in [0, 0.05) is 5.92 Å². The third-order valence-electron chi connectivity index (χ3n) is 2.56. The monoisotopic (exact) mass is 186 g/mol. The van der Waals surface area contributed by atoms with Crippen LogP contribution in [-0.2, 0) is 0 Å². The summed E-state index contributed by atoms with van der Waals surface area (Å²) in [6.45, 7) is 0. The summed E-state index contributed by atoms with van der Waals surface area (Å²) in [4.78, 5) is 0. The van der Waals surface area contributed by atoms with Crippen molar-refractivity contribution >= 4 is 0 Å². The average Bonchev–Trinajstić information content (AvgIpc) is 2.30. The van der Waals surface area contributed by atoms with Crippen molar-refractivity contribution in [1.29, 1.82) is 0 Å². The molecule has 0 fully saturated rings. The lowest BCUT2D eigenvalue weighted by atomic mass is 9.90.